The van der Waals surface area contributed by atoms with Crippen LogP contribution in [0.15, 0.2) is 0 Å². The van der Waals surface area contributed by atoms with Gasteiger partial charge in [-0.2, -0.15) is 0 Å². The molecule has 0 aromatic rings. The molecule has 0 fully saturated rings. The lowest BCUT2D eigenvalue weighted by molar-refractivity contribution is 0.263. The van der Waals surface area contributed by atoms with Crippen LogP contribution in [0.2, 0.25) is 0 Å². The van der Waals surface area contributed by atoms with Gasteiger partial charge in [0.1, 0.15) is 0 Å². The van der Waals surface area contributed by atoms with Crippen LogP contribution >= 0.6 is 0 Å². The highest BCUT2D eigenvalue weighted by molar-refractivity contribution is 4.75. The molecule has 0 radical (unpaired) electrons. The highest BCUT2D eigenvalue weighted by atomic mass is 16.0. The Bertz CT molecular complexity index is 116. The predicted molar refractivity (Wildman–Crippen MR) is 69.1 cm³/mol. The van der Waals surface area contributed by atoms with Crippen molar-refractivity contribution in [3.63, 3.8) is 0 Å². The van der Waals surface area contributed by atoms with Crippen LogP contribution in [0.1, 0.15) is 72.1 Å². The molecule has 0 amide bonds. The largest absolute Gasteiger partial charge is 0.412 e. The maximum absolute atomic E-state index is 5.87. The Morgan fingerprint density at radius 3 is 1.53 bits per heavy atom. The van der Waals surface area contributed by atoms with Crippen molar-refractivity contribution in [2.24, 2.45) is 11.1 Å². The molecule has 2 nitrogen and oxygen atoms in total. The summed E-state index contributed by atoms with van der Waals surface area (Å²) >= 11 is 0. The van der Waals surface area contributed by atoms with Crippen LogP contribution in [0.4, 0.5) is 0 Å². The van der Waals surface area contributed by atoms with Gasteiger partial charge < -0.3 is 11.2 Å². The van der Waals surface area contributed by atoms with Gasteiger partial charge >= 0.3 is 0 Å². The summed E-state index contributed by atoms with van der Waals surface area (Å²) in [5, 5.41) is 0. The zero-order valence-electron chi connectivity index (χ0n) is 10.9. The smallest absolute Gasteiger partial charge is 0.00232 e. The minimum Gasteiger partial charge on any atom is -0.412 e. The first-order valence-corrected chi connectivity index (χ1v) is 6.38. The second-order valence-electron chi connectivity index (χ2n) is 4.93. The zero-order chi connectivity index (χ0) is 10.9. The topological polar surface area (TPSA) is 57.5 Å². The highest BCUT2D eigenvalue weighted by Gasteiger charge is 2.20. The van der Waals surface area contributed by atoms with Gasteiger partial charge in [-0.25, -0.2) is 0 Å². The molecule has 0 unspecified atom stereocenters. The number of hydrogen-bond acceptors (Lipinski definition) is 1. The van der Waals surface area contributed by atoms with E-state index >= 15 is 0 Å². The van der Waals surface area contributed by atoms with E-state index in [1.54, 1.807) is 0 Å². The molecule has 0 rings (SSSR count). The molecule has 0 aliphatic rings. The summed E-state index contributed by atoms with van der Waals surface area (Å²) in [6, 6.07) is 0. The highest BCUT2D eigenvalue weighted by Crippen LogP contribution is 2.29. The van der Waals surface area contributed by atoms with Gasteiger partial charge in [0, 0.05) is 0 Å². The van der Waals surface area contributed by atoms with Crippen molar-refractivity contribution in [3.8, 4) is 0 Å². The number of hydrogen-bond donors (Lipinski definition) is 1. The fourth-order valence-corrected chi connectivity index (χ4v) is 1.93. The van der Waals surface area contributed by atoms with Crippen molar-refractivity contribution in [2.45, 2.75) is 72.1 Å². The molecule has 94 valence electrons. The van der Waals surface area contributed by atoms with Crippen molar-refractivity contribution >= 4 is 0 Å². The Morgan fingerprint density at radius 2 is 1.27 bits per heavy atom. The molecule has 2 heteroatoms. The van der Waals surface area contributed by atoms with Gasteiger partial charge in [0.05, 0.1) is 0 Å². The van der Waals surface area contributed by atoms with Gasteiger partial charge in [-0.1, -0.05) is 59.3 Å². The lowest BCUT2D eigenvalue weighted by Crippen LogP contribution is -2.27. The Morgan fingerprint density at radius 1 is 0.867 bits per heavy atom. The molecule has 15 heavy (non-hydrogen) atoms. The van der Waals surface area contributed by atoms with Crippen LogP contribution in [0.5, 0.6) is 0 Å². The van der Waals surface area contributed by atoms with Crippen LogP contribution in [0.25, 0.3) is 0 Å². The zero-order valence-corrected chi connectivity index (χ0v) is 10.9. The quantitative estimate of drug-likeness (QED) is 0.592. The summed E-state index contributed by atoms with van der Waals surface area (Å²) in [6.07, 6.45) is 10.7. The average molecular weight is 217 g/mol. The van der Waals surface area contributed by atoms with E-state index in [1.807, 2.05) is 0 Å². The standard InChI is InChI=1S/C13H29N.H2O/c1-4-6-8-10-13(3,12-14)11-9-7-5-2;/h4-12,14H2,1-3H3;1H2. The molecule has 0 heterocycles. The molecular formula is C13H31NO. The maximum atomic E-state index is 5.87. The number of rotatable bonds is 9. The van der Waals surface area contributed by atoms with Crippen molar-refractivity contribution in [1.29, 1.82) is 0 Å². The number of unbranched alkanes of at least 4 members (excludes halogenated alkanes) is 4. The summed E-state index contributed by atoms with van der Waals surface area (Å²) in [5.74, 6) is 0. The predicted octanol–water partition coefficient (Wildman–Crippen LogP) is 3.29. The fraction of sp³-hybridized carbons (Fsp3) is 1.00. The SMILES string of the molecule is CCCCCC(C)(CN)CCCCC.O. The van der Waals surface area contributed by atoms with E-state index in [9.17, 15) is 0 Å². The Balaban J connectivity index is 0. The third kappa shape index (κ3) is 8.88. The van der Waals surface area contributed by atoms with Crippen molar-refractivity contribution in [2.75, 3.05) is 6.54 Å². The van der Waals surface area contributed by atoms with Crippen LogP contribution in [0, 0.1) is 5.41 Å². The Hall–Kier alpha value is -0.0800. The minimum atomic E-state index is 0. The summed E-state index contributed by atoms with van der Waals surface area (Å²) < 4.78 is 0. The molecule has 0 aliphatic heterocycles. The molecule has 0 aromatic heterocycles. The van der Waals surface area contributed by atoms with Crippen LogP contribution in [0.3, 0.4) is 0 Å². The van der Waals surface area contributed by atoms with Crippen LogP contribution < -0.4 is 5.73 Å². The van der Waals surface area contributed by atoms with Gasteiger partial charge in [0.25, 0.3) is 0 Å². The van der Waals surface area contributed by atoms with Crippen molar-refractivity contribution in [1.82, 2.24) is 0 Å². The van der Waals surface area contributed by atoms with E-state index in [1.165, 1.54) is 51.4 Å². The fourth-order valence-electron chi connectivity index (χ4n) is 1.93. The van der Waals surface area contributed by atoms with Gasteiger partial charge in [0.15, 0.2) is 0 Å². The van der Waals surface area contributed by atoms with Gasteiger partial charge in [-0.15, -0.1) is 0 Å². The Kier molecular flexibility index (Phi) is 12.1. The Labute approximate surface area is 95.9 Å². The van der Waals surface area contributed by atoms with E-state index in [0.29, 0.717) is 5.41 Å². The molecule has 0 aromatic carbocycles. The van der Waals surface area contributed by atoms with Gasteiger partial charge in [-0.3, -0.25) is 0 Å². The normalized spacial score (nSPS) is 11.2. The van der Waals surface area contributed by atoms with Crippen LogP contribution in [-0.2, 0) is 0 Å². The maximum Gasteiger partial charge on any atom is -0.00232 e. The second-order valence-corrected chi connectivity index (χ2v) is 4.93. The summed E-state index contributed by atoms with van der Waals surface area (Å²) in [5.41, 5.74) is 6.29. The van der Waals surface area contributed by atoms with Crippen molar-refractivity contribution in [3.05, 3.63) is 0 Å². The lowest BCUT2D eigenvalue weighted by Gasteiger charge is -2.28. The third-order valence-electron chi connectivity index (χ3n) is 3.26. The number of nitrogens with two attached hydrogens (primary N) is 1. The van der Waals surface area contributed by atoms with E-state index in [2.05, 4.69) is 20.8 Å². The molecular weight excluding hydrogens is 186 g/mol. The first kappa shape index (κ1) is 17.3. The molecule has 0 bridgehead atoms. The first-order valence-electron chi connectivity index (χ1n) is 6.38. The average Bonchev–Trinajstić information content (AvgIpc) is 2.19. The molecule has 0 spiro atoms. The molecule has 0 atom stereocenters. The second kappa shape index (κ2) is 10.4. The summed E-state index contributed by atoms with van der Waals surface area (Å²) in [6.45, 7) is 7.74. The summed E-state index contributed by atoms with van der Waals surface area (Å²) in [4.78, 5) is 0. The van der Waals surface area contributed by atoms with Crippen molar-refractivity contribution < 1.29 is 5.48 Å². The van der Waals surface area contributed by atoms with E-state index in [0.717, 1.165) is 6.54 Å². The molecule has 0 saturated carbocycles. The minimum absolute atomic E-state index is 0. The van der Waals surface area contributed by atoms with Gasteiger partial charge in [-0.05, 0) is 24.8 Å². The van der Waals surface area contributed by atoms with Gasteiger partial charge in [0.2, 0.25) is 0 Å². The molecule has 0 aliphatic carbocycles. The monoisotopic (exact) mass is 217 g/mol. The first-order chi connectivity index (χ1) is 6.68. The van der Waals surface area contributed by atoms with Crippen LogP contribution in [-0.4, -0.2) is 12.0 Å². The van der Waals surface area contributed by atoms with E-state index in [-0.39, 0.29) is 5.48 Å². The molecule has 0 saturated heterocycles. The van der Waals surface area contributed by atoms with E-state index in [4.69, 9.17) is 5.73 Å². The summed E-state index contributed by atoms with van der Waals surface area (Å²) in [7, 11) is 0. The molecule has 4 N–H and O–H groups in total. The third-order valence-corrected chi connectivity index (χ3v) is 3.26. The lowest BCUT2D eigenvalue weighted by atomic mass is 9.80. The van der Waals surface area contributed by atoms with E-state index < -0.39 is 0 Å².